The molecule has 0 bridgehead atoms. The second kappa shape index (κ2) is 21.2. The highest BCUT2D eigenvalue weighted by molar-refractivity contribution is 7.80. The van der Waals surface area contributed by atoms with Crippen LogP contribution in [0.15, 0.2) is 71.6 Å². The number of thiol groups is 1. The van der Waals surface area contributed by atoms with Gasteiger partial charge in [-0.25, -0.2) is 15.0 Å². The highest BCUT2D eigenvalue weighted by atomic mass is 32.1. The maximum atomic E-state index is 11.0. The molecule has 354 valence electrons. The molecule has 0 unspecified atom stereocenters. The Balaban J connectivity index is 0.000000167. The number of aliphatic carboxylic acids is 4. The zero-order valence-corrected chi connectivity index (χ0v) is 40.2. The Morgan fingerprint density at radius 2 is 0.970 bits per heavy atom. The first-order valence-corrected chi connectivity index (χ1v) is 23.3. The summed E-state index contributed by atoms with van der Waals surface area (Å²) in [7, 11) is 0. The van der Waals surface area contributed by atoms with Crippen LogP contribution < -0.4 is 40.1 Å². The van der Waals surface area contributed by atoms with Crippen molar-refractivity contribution in [2.24, 2.45) is 22.9 Å². The van der Waals surface area contributed by atoms with E-state index >= 15 is 0 Å². The molecule has 0 aliphatic carbocycles. The molecule has 67 heavy (non-hydrogen) atoms. The summed E-state index contributed by atoms with van der Waals surface area (Å²) in [6, 6.07) is 19.3. The van der Waals surface area contributed by atoms with Crippen LogP contribution in [-0.4, -0.2) is 90.7 Å². The zero-order chi connectivity index (χ0) is 49.6. The maximum Gasteiger partial charge on any atom is 0.323 e. The molecule has 0 aliphatic heterocycles. The number of carboxylic acid groups (broad SMARTS) is 4. The number of carboxylic acids is 4. The molecule has 4 atom stereocenters. The number of anilines is 3. The van der Waals surface area contributed by atoms with E-state index < -0.39 is 46.5 Å². The number of benzene rings is 4. The quantitative estimate of drug-likeness (QED) is 0.0744. The van der Waals surface area contributed by atoms with Gasteiger partial charge in [-0.2, -0.15) is 8.75 Å². The fourth-order valence-electron chi connectivity index (χ4n) is 6.17. The third-order valence-electron chi connectivity index (χ3n) is 9.76. The van der Waals surface area contributed by atoms with Crippen LogP contribution in [0.1, 0.15) is 43.0 Å². The van der Waals surface area contributed by atoms with Crippen LogP contribution in [0.25, 0.3) is 41.7 Å². The Morgan fingerprint density at radius 1 is 0.567 bits per heavy atom. The summed E-state index contributed by atoms with van der Waals surface area (Å²) in [5, 5.41) is 37.1. The van der Waals surface area contributed by atoms with E-state index in [1.165, 1.54) is 54.8 Å². The molecule has 0 saturated carbocycles. The standard InChI is InChI=1S/C11H13N3O2S2.C11H13N3O2S.2C10H11N3O2S/c1-11(13,9(15)16)4-5-2-6(17)8-7(3-5)18-10(12)14-8;1-11(13,9(15)16)5-6-2-3-7-8(4-6)17-10(12)14-7;1-10(11,9(14)15)5-6-2-3-7-8(4-6)13-16-12-7;11-6(9(14)15)3-5-1-2-7-8(4-5)16-10(12)13-7/h2-3,17H,4,13H2,1H3,(H2,12,14)(H,15,16);2-4H,5,13H2,1H3,(H2,12,14)(H,15,16);2-4H,5,11H2,1H3,(H,14,15);1-2,4,6H,3,11H2,(H2,12,13)(H,14,15)/t2*11-;10-;6-/m0000/s1. The average Bonchev–Trinajstić information content (AvgIpc) is 4.02. The minimum atomic E-state index is -1.30. The van der Waals surface area contributed by atoms with Crippen molar-refractivity contribution in [3.63, 3.8) is 0 Å². The smallest absolute Gasteiger partial charge is 0.323 e. The first-order chi connectivity index (χ1) is 31.2. The predicted octanol–water partition coefficient (Wildman–Crippen LogP) is 4.60. The van der Waals surface area contributed by atoms with Gasteiger partial charge in [0.05, 0.1) is 42.4 Å². The lowest BCUT2D eigenvalue weighted by Crippen LogP contribution is -2.46. The minimum absolute atomic E-state index is 0.226. The van der Waals surface area contributed by atoms with Crippen molar-refractivity contribution in [1.29, 1.82) is 0 Å². The third-order valence-corrected chi connectivity index (χ3v) is 13.2. The van der Waals surface area contributed by atoms with Gasteiger partial charge in [-0.3, -0.25) is 19.2 Å². The number of hydrogen-bond donors (Lipinski definition) is 12. The summed E-state index contributed by atoms with van der Waals surface area (Å²) in [6.07, 6.45) is 1.08. The van der Waals surface area contributed by atoms with Gasteiger partial charge < -0.3 is 60.6 Å². The Morgan fingerprint density at radius 3 is 1.48 bits per heavy atom. The Kier molecular flexibility index (Phi) is 16.4. The average molecular weight is 1010 g/mol. The molecular weight excluding hydrogens is 961 g/mol. The Bertz CT molecular complexity index is 3090. The lowest BCUT2D eigenvalue weighted by Gasteiger charge is -2.19. The van der Waals surface area contributed by atoms with Gasteiger partial charge in [0.25, 0.3) is 0 Å². The van der Waals surface area contributed by atoms with Gasteiger partial charge >= 0.3 is 23.9 Å². The summed E-state index contributed by atoms with van der Waals surface area (Å²) in [5.74, 6) is -4.05. The monoisotopic (exact) mass is 1010 g/mol. The summed E-state index contributed by atoms with van der Waals surface area (Å²) in [6.45, 7) is 4.48. The van der Waals surface area contributed by atoms with Gasteiger partial charge in [0.15, 0.2) is 15.4 Å². The highest BCUT2D eigenvalue weighted by Crippen LogP contribution is 2.31. The van der Waals surface area contributed by atoms with Crippen molar-refractivity contribution >= 4 is 139 Å². The zero-order valence-electron chi connectivity index (χ0n) is 36.0. The lowest BCUT2D eigenvalue weighted by molar-refractivity contribution is -0.143. The van der Waals surface area contributed by atoms with E-state index in [1.807, 2.05) is 60.7 Å². The van der Waals surface area contributed by atoms with E-state index in [1.54, 1.807) is 6.07 Å². The number of aromatic nitrogens is 5. The maximum absolute atomic E-state index is 11.0. The van der Waals surface area contributed by atoms with Gasteiger partial charge in [-0.05, 0) is 98.0 Å². The fourth-order valence-corrected chi connectivity index (χ4v) is 9.52. The molecule has 4 heterocycles. The number of hydrogen-bond acceptors (Lipinski definition) is 21. The van der Waals surface area contributed by atoms with Crippen molar-refractivity contribution in [2.75, 3.05) is 17.2 Å². The number of nitrogens with zero attached hydrogens (tertiary/aromatic N) is 5. The minimum Gasteiger partial charge on any atom is -0.480 e. The van der Waals surface area contributed by atoms with E-state index in [2.05, 4.69) is 36.3 Å². The first-order valence-electron chi connectivity index (χ1n) is 19.7. The van der Waals surface area contributed by atoms with Crippen molar-refractivity contribution in [3.8, 4) is 0 Å². The second-order valence-electron chi connectivity index (χ2n) is 16.2. The highest BCUT2D eigenvalue weighted by Gasteiger charge is 2.30. The normalized spacial score (nSPS) is 14.3. The molecule has 8 aromatic rings. The summed E-state index contributed by atoms with van der Waals surface area (Å²) in [5.41, 5.74) is 43.0. The van der Waals surface area contributed by atoms with Crippen molar-refractivity contribution in [2.45, 2.75) is 74.0 Å². The van der Waals surface area contributed by atoms with Crippen LogP contribution >= 0.6 is 58.4 Å². The van der Waals surface area contributed by atoms with Crippen molar-refractivity contribution in [3.05, 3.63) is 89.0 Å². The largest absolute Gasteiger partial charge is 0.480 e. The van der Waals surface area contributed by atoms with E-state index in [0.717, 1.165) is 75.7 Å². The molecule has 0 aliphatic rings. The fraction of sp³-hybridized carbons (Fsp3) is 0.262. The number of nitrogens with two attached hydrogens (primary N) is 7. The molecule has 0 amide bonds. The van der Waals surface area contributed by atoms with E-state index in [9.17, 15) is 19.2 Å². The van der Waals surface area contributed by atoms with Gasteiger partial charge in [0, 0.05) is 24.2 Å². The molecule has 8 rings (SSSR count). The van der Waals surface area contributed by atoms with Gasteiger partial charge in [0.1, 0.15) is 33.7 Å². The molecule has 0 saturated heterocycles. The number of fused-ring (bicyclic) bond motifs is 4. The van der Waals surface area contributed by atoms with Crippen LogP contribution in [0, 0.1) is 0 Å². The van der Waals surface area contributed by atoms with Crippen LogP contribution in [0.4, 0.5) is 15.4 Å². The predicted molar refractivity (Wildman–Crippen MR) is 268 cm³/mol. The topological polar surface area (TPSA) is 396 Å². The van der Waals surface area contributed by atoms with Crippen LogP contribution in [0.3, 0.4) is 0 Å². The number of rotatable bonds is 12. The summed E-state index contributed by atoms with van der Waals surface area (Å²) < 4.78 is 11.0. The van der Waals surface area contributed by atoms with E-state index in [4.69, 9.17) is 60.6 Å². The number of nitrogen functional groups attached to an aromatic ring is 3. The SMILES string of the molecule is C[C@](N)(Cc1cc(S)c2nc(N)sc2c1)C(=O)O.C[C@](N)(Cc1ccc2nc(N)sc2c1)C(=O)O.C[C@](N)(Cc1ccc2nsnc2c1)C(=O)O.Nc1nc2ccc(C[C@H](N)C(=O)O)cc2s1. The summed E-state index contributed by atoms with van der Waals surface area (Å²) in [4.78, 5) is 56.5. The molecule has 25 heteroatoms. The first kappa shape index (κ1) is 51.8. The molecule has 4 aromatic carbocycles. The molecule has 20 nitrogen and oxygen atoms in total. The van der Waals surface area contributed by atoms with Crippen molar-refractivity contribution < 1.29 is 39.6 Å². The Labute approximate surface area is 403 Å². The summed E-state index contributed by atoms with van der Waals surface area (Å²) >= 11 is 9.58. The van der Waals surface area contributed by atoms with Crippen LogP contribution in [0.2, 0.25) is 0 Å². The molecule has 4 aromatic heterocycles. The van der Waals surface area contributed by atoms with Gasteiger partial charge in [-0.1, -0.05) is 52.2 Å². The van der Waals surface area contributed by atoms with Crippen molar-refractivity contribution in [1.82, 2.24) is 23.7 Å². The lowest BCUT2D eigenvalue weighted by atomic mass is 9.94. The Hall–Kier alpha value is -6.16. The molecule has 0 fully saturated rings. The van der Waals surface area contributed by atoms with E-state index in [0.29, 0.717) is 26.7 Å². The number of carbonyl (C=O) groups is 4. The molecule has 0 radical (unpaired) electrons. The molecular formula is C42H48N12O8S5. The molecule has 18 N–H and O–H groups in total. The van der Waals surface area contributed by atoms with E-state index in [-0.39, 0.29) is 19.3 Å². The second-order valence-corrected chi connectivity index (χ2v) is 20.4. The number of thiazole rings is 3. The molecule has 0 spiro atoms. The van der Waals surface area contributed by atoms with Crippen LogP contribution in [0.5, 0.6) is 0 Å². The van der Waals surface area contributed by atoms with Gasteiger partial charge in [0.2, 0.25) is 0 Å². The third kappa shape index (κ3) is 13.9. The van der Waals surface area contributed by atoms with Gasteiger partial charge in [-0.15, -0.1) is 12.6 Å². The van der Waals surface area contributed by atoms with Crippen LogP contribution in [-0.2, 0) is 44.9 Å².